The van der Waals surface area contributed by atoms with Gasteiger partial charge in [-0.25, -0.2) is 0 Å². The van der Waals surface area contributed by atoms with Crippen molar-refractivity contribution in [2.24, 2.45) is 11.7 Å². The third-order valence-corrected chi connectivity index (χ3v) is 5.12. The van der Waals surface area contributed by atoms with Gasteiger partial charge in [-0.3, -0.25) is 9.59 Å². The van der Waals surface area contributed by atoms with E-state index >= 15 is 0 Å². The molecule has 7 heteroatoms. The lowest BCUT2D eigenvalue weighted by Gasteiger charge is -2.33. The molecule has 2 aliphatic rings. The summed E-state index contributed by atoms with van der Waals surface area (Å²) in [6.45, 7) is 2.35. The standard InChI is InChI=1S/C13H23N3O2S.ClH/c14-5-6-15-12(17)10-3-1-7-16(9-10)13(18)11-4-2-8-19-11;/h10-11H,1-9,14H2,(H,15,17);1H. The van der Waals surface area contributed by atoms with Crippen LogP contribution in [0.1, 0.15) is 25.7 Å². The maximum absolute atomic E-state index is 12.3. The van der Waals surface area contributed by atoms with E-state index in [9.17, 15) is 9.59 Å². The molecule has 0 aromatic heterocycles. The first-order valence-corrected chi connectivity index (χ1v) is 8.15. The molecule has 0 aromatic carbocycles. The molecule has 2 heterocycles. The smallest absolute Gasteiger partial charge is 0.235 e. The maximum atomic E-state index is 12.3. The highest BCUT2D eigenvalue weighted by atomic mass is 35.5. The Labute approximate surface area is 130 Å². The number of hydrogen-bond acceptors (Lipinski definition) is 4. The number of thioether (sulfide) groups is 1. The van der Waals surface area contributed by atoms with E-state index in [1.54, 1.807) is 11.8 Å². The summed E-state index contributed by atoms with van der Waals surface area (Å²) in [5.41, 5.74) is 5.38. The Hall–Kier alpha value is -0.460. The highest BCUT2D eigenvalue weighted by molar-refractivity contribution is 8.00. The van der Waals surface area contributed by atoms with Crippen LogP contribution in [0.25, 0.3) is 0 Å². The first kappa shape index (κ1) is 17.6. The van der Waals surface area contributed by atoms with Crippen molar-refractivity contribution >= 4 is 36.0 Å². The Kier molecular flexibility index (Phi) is 7.69. The summed E-state index contributed by atoms with van der Waals surface area (Å²) in [7, 11) is 0. The first-order chi connectivity index (χ1) is 9.22. The van der Waals surface area contributed by atoms with E-state index in [0.717, 1.165) is 38.0 Å². The molecule has 2 rings (SSSR count). The molecule has 2 aliphatic heterocycles. The molecule has 2 amide bonds. The molecule has 2 atom stereocenters. The van der Waals surface area contributed by atoms with Crippen molar-refractivity contribution in [1.82, 2.24) is 10.2 Å². The number of piperidine rings is 1. The lowest BCUT2D eigenvalue weighted by atomic mass is 9.96. The third kappa shape index (κ3) is 4.53. The van der Waals surface area contributed by atoms with Crippen molar-refractivity contribution in [2.45, 2.75) is 30.9 Å². The Morgan fingerprint density at radius 2 is 2.10 bits per heavy atom. The van der Waals surface area contributed by atoms with Gasteiger partial charge >= 0.3 is 0 Å². The maximum Gasteiger partial charge on any atom is 0.235 e. The number of likely N-dealkylation sites (tertiary alicyclic amines) is 1. The molecule has 5 nitrogen and oxygen atoms in total. The Morgan fingerprint density at radius 3 is 2.75 bits per heavy atom. The number of nitrogens with one attached hydrogen (secondary N) is 1. The van der Waals surface area contributed by atoms with Crippen LogP contribution in [-0.2, 0) is 9.59 Å². The second-order valence-electron chi connectivity index (χ2n) is 5.20. The fourth-order valence-electron chi connectivity index (χ4n) is 2.71. The van der Waals surface area contributed by atoms with Gasteiger partial charge in [0.25, 0.3) is 0 Å². The second kappa shape index (κ2) is 8.74. The van der Waals surface area contributed by atoms with E-state index in [4.69, 9.17) is 5.73 Å². The average Bonchev–Trinajstić information content (AvgIpc) is 2.98. The van der Waals surface area contributed by atoms with Crippen LogP contribution >= 0.6 is 24.2 Å². The van der Waals surface area contributed by atoms with Crippen LogP contribution in [0.3, 0.4) is 0 Å². The minimum Gasteiger partial charge on any atom is -0.355 e. The molecule has 0 spiro atoms. The highest BCUT2D eigenvalue weighted by Gasteiger charge is 2.33. The van der Waals surface area contributed by atoms with Crippen LogP contribution in [0.15, 0.2) is 0 Å². The van der Waals surface area contributed by atoms with Gasteiger partial charge in [0.2, 0.25) is 11.8 Å². The Bertz CT molecular complexity index is 338. The minimum absolute atomic E-state index is 0. The summed E-state index contributed by atoms with van der Waals surface area (Å²) in [5.74, 6) is 1.31. The number of amides is 2. The fraction of sp³-hybridized carbons (Fsp3) is 0.846. The summed E-state index contributed by atoms with van der Waals surface area (Å²) < 4.78 is 0. The summed E-state index contributed by atoms with van der Waals surface area (Å²) >= 11 is 1.76. The molecule has 20 heavy (non-hydrogen) atoms. The summed E-state index contributed by atoms with van der Waals surface area (Å²) in [5, 5.41) is 2.95. The normalized spacial score (nSPS) is 25.9. The molecule has 3 N–H and O–H groups in total. The van der Waals surface area contributed by atoms with Crippen molar-refractivity contribution < 1.29 is 9.59 Å². The number of rotatable bonds is 4. The number of carbonyl (C=O) groups is 2. The van der Waals surface area contributed by atoms with E-state index in [2.05, 4.69) is 5.32 Å². The van der Waals surface area contributed by atoms with E-state index in [1.165, 1.54) is 0 Å². The average molecular weight is 322 g/mol. The summed E-state index contributed by atoms with van der Waals surface area (Å²) in [4.78, 5) is 26.2. The van der Waals surface area contributed by atoms with Crippen molar-refractivity contribution in [1.29, 1.82) is 0 Å². The summed E-state index contributed by atoms with van der Waals surface area (Å²) in [6.07, 6.45) is 3.92. The topological polar surface area (TPSA) is 75.4 Å². The third-order valence-electron chi connectivity index (χ3n) is 3.75. The van der Waals surface area contributed by atoms with Gasteiger partial charge in [0.1, 0.15) is 0 Å². The molecule has 0 saturated carbocycles. The summed E-state index contributed by atoms with van der Waals surface area (Å²) in [6, 6.07) is 0. The molecule has 2 fully saturated rings. The number of nitrogens with zero attached hydrogens (tertiary/aromatic N) is 1. The van der Waals surface area contributed by atoms with Crippen molar-refractivity contribution in [2.75, 3.05) is 31.9 Å². The minimum atomic E-state index is -0.0596. The second-order valence-corrected chi connectivity index (χ2v) is 6.52. The predicted octanol–water partition coefficient (Wildman–Crippen LogP) is 0.617. The molecule has 2 saturated heterocycles. The van der Waals surface area contributed by atoms with E-state index in [1.807, 2.05) is 4.90 Å². The number of carbonyl (C=O) groups excluding carboxylic acids is 2. The lowest BCUT2D eigenvalue weighted by Crippen LogP contribution is -2.48. The zero-order valence-corrected chi connectivity index (χ0v) is 13.3. The lowest BCUT2D eigenvalue weighted by molar-refractivity contribution is -0.135. The van der Waals surface area contributed by atoms with Gasteiger partial charge < -0.3 is 16.0 Å². The molecule has 0 bridgehead atoms. The van der Waals surface area contributed by atoms with Crippen LogP contribution in [0.5, 0.6) is 0 Å². The Balaban J connectivity index is 0.00000200. The van der Waals surface area contributed by atoms with Crippen LogP contribution < -0.4 is 11.1 Å². The van der Waals surface area contributed by atoms with Crippen LogP contribution in [0, 0.1) is 5.92 Å². The largest absolute Gasteiger partial charge is 0.355 e. The molecular weight excluding hydrogens is 298 g/mol. The van der Waals surface area contributed by atoms with Crippen molar-refractivity contribution in [3.05, 3.63) is 0 Å². The van der Waals surface area contributed by atoms with Gasteiger partial charge in [-0.05, 0) is 31.4 Å². The van der Waals surface area contributed by atoms with E-state index in [-0.39, 0.29) is 35.4 Å². The van der Waals surface area contributed by atoms with Crippen LogP contribution in [0.4, 0.5) is 0 Å². The molecular formula is C13H24ClN3O2S. The fourth-order valence-corrected chi connectivity index (χ4v) is 3.95. The van der Waals surface area contributed by atoms with Gasteiger partial charge in [-0.15, -0.1) is 24.2 Å². The number of halogens is 1. The molecule has 0 aromatic rings. The van der Waals surface area contributed by atoms with Crippen LogP contribution in [0.2, 0.25) is 0 Å². The van der Waals surface area contributed by atoms with Gasteiger partial charge in [0.05, 0.1) is 11.2 Å². The predicted molar refractivity (Wildman–Crippen MR) is 84.1 cm³/mol. The highest BCUT2D eigenvalue weighted by Crippen LogP contribution is 2.29. The van der Waals surface area contributed by atoms with Gasteiger partial charge in [0, 0.05) is 26.2 Å². The van der Waals surface area contributed by atoms with Gasteiger partial charge in [0.15, 0.2) is 0 Å². The molecule has 0 aliphatic carbocycles. The van der Waals surface area contributed by atoms with Crippen molar-refractivity contribution in [3.63, 3.8) is 0 Å². The van der Waals surface area contributed by atoms with Crippen molar-refractivity contribution in [3.8, 4) is 0 Å². The van der Waals surface area contributed by atoms with Crippen LogP contribution in [-0.4, -0.2) is 53.9 Å². The molecule has 0 radical (unpaired) electrons. The molecule has 116 valence electrons. The van der Waals surface area contributed by atoms with E-state index in [0.29, 0.717) is 19.6 Å². The first-order valence-electron chi connectivity index (χ1n) is 7.10. The monoisotopic (exact) mass is 321 g/mol. The van der Waals surface area contributed by atoms with Gasteiger partial charge in [-0.2, -0.15) is 0 Å². The number of nitrogens with two attached hydrogens (primary N) is 1. The molecule has 2 unspecified atom stereocenters. The SMILES string of the molecule is Cl.NCCNC(=O)C1CCCN(C(=O)C2CCCS2)C1. The van der Waals surface area contributed by atoms with Gasteiger partial charge in [-0.1, -0.05) is 0 Å². The van der Waals surface area contributed by atoms with E-state index < -0.39 is 0 Å². The zero-order chi connectivity index (χ0) is 13.7. The zero-order valence-electron chi connectivity index (χ0n) is 11.7. The Morgan fingerprint density at radius 1 is 1.30 bits per heavy atom. The number of hydrogen-bond donors (Lipinski definition) is 2. The quantitative estimate of drug-likeness (QED) is 0.796.